The smallest absolute Gasteiger partial charge is 0.123 e. The van der Waals surface area contributed by atoms with Crippen molar-refractivity contribution in [1.29, 1.82) is 0 Å². The van der Waals surface area contributed by atoms with E-state index in [9.17, 15) is 4.39 Å². The van der Waals surface area contributed by atoms with E-state index in [1.54, 1.807) is 12.1 Å². The predicted molar refractivity (Wildman–Crippen MR) is 105 cm³/mol. The second kappa shape index (κ2) is 20.9. The maximum absolute atomic E-state index is 12.5. The molecule has 132 valence electrons. The van der Waals surface area contributed by atoms with Crippen LogP contribution in [0.4, 0.5) is 4.39 Å². The highest BCUT2D eigenvalue weighted by molar-refractivity contribution is 9.09. The Bertz CT molecular complexity index is 362. The zero-order chi connectivity index (χ0) is 17.8. The van der Waals surface area contributed by atoms with Gasteiger partial charge in [0.25, 0.3) is 0 Å². The first-order valence-electron chi connectivity index (χ1n) is 8.40. The van der Waals surface area contributed by atoms with Crippen LogP contribution in [0.2, 0.25) is 0 Å². The van der Waals surface area contributed by atoms with Gasteiger partial charge in [0.1, 0.15) is 11.6 Å². The molecule has 0 bridgehead atoms. The first-order chi connectivity index (χ1) is 11.2. The lowest BCUT2D eigenvalue weighted by atomic mass is 10.2. The summed E-state index contributed by atoms with van der Waals surface area (Å²) in [6.45, 7) is 11.9. The van der Waals surface area contributed by atoms with Crippen molar-refractivity contribution < 1.29 is 9.13 Å². The summed E-state index contributed by atoms with van der Waals surface area (Å²) in [5.41, 5.74) is 0. The molecule has 0 radical (unpaired) electrons. The minimum Gasteiger partial charge on any atom is -0.494 e. The van der Waals surface area contributed by atoms with Crippen LogP contribution in [0.15, 0.2) is 49.6 Å². The van der Waals surface area contributed by atoms with Crippen LogP contribution in [-0.2, 0) is 0 Å². The first kappa shape index (κ1) is 24.2. The summed E-state index contributed by atoms with van der Waals surface area (Å²) in [6.07, 6.45) is 10.6. The average molecular weight is 387 g/mol. The quantitative estimate of drug-likeness (QED) is 0.232. The first-order valence-corrected chi connectivity index (χ1v) is 9.52. The molecular formula is C20H32BrFO. The van der Waals surface area contributed by atoms with E-state index < -0.39 is 0 Å². The van der Waals surface area contributed by atoms with Crippen LogP contribution in [0.3, 0.4) is 0 Å². The van der Waals surface area contributed by atoms with E-state index in [0.717, 1.165) is 43.2 Å². The van der Waals surface area contributed by atoms with E-state index in [0.29, 0.717) is 6.61 Å². The molecule has 1 rings (SSSR count). The van der Waals surface area contributed by atoms with Gasteiger partial charge >= 0.3 is 0 Å². The van der Waals surface area contributed by atoms with Crippen molar-refractivity contribution in [3.8, 4) is 5.75 Å². The molecule has 0 aliphatic rings. The van der Waals surface area contributed by atoms with Crippen LogP contribution in [0.5, 0.6) is 5.75 Å². The minimum absolute atomic E-state index is 0.228. The number of rotatable bonds is 10. The lowest BCUT2D eigenvalue weighted by Crippen LogP contribution is -1.96. The van der Waals surface area contributed by atoms with Crippen molar-refractivity contribution in [2.24, 2.45) is 0 Å². The molecular weight excluding hydrogens is 355 g/mol. The highest BCUT2D eigenvalue weighted by Gasteiger charge is 1.94. The van der Waals surface area contributed by atoms with Crippen molar-refractivity contribution in [3.63, 3.8) is 0 Å². The summed E-state index contributed by atoms with van der Waals surface area (Å²) in [5.74, 6) is 0.508. The second-order valence-electron chi connectivity index (χ2n) is 4.56. The maximum Gasteiger partial charge on any atom is 0.123 e. The molecule has 0 aliphatic carbocycles. The van der Waals surface area contributed by atoms with Gasteiger partial charge in [-0.25, -0.2) is 4.39 Å². The van der Waals surface area contributed by atoms with Gasteiger partial charge in [0, 0.05) is 5.33 Å². The SMILES string of the molecule is C=CCCCBr.C=CCCCCCOc1ccc(F)cc1.CC. The summed E-state index contributed by atoms with van der Waals surface area (Å²) in [6, 6.07) is 6.12. The topological polar surface area (TPSA) is 9.23 Å². The van der Waals surface area contributed by atoms with Crippen molar-refractivity contribution in [3.05, 3.63) is 55.4 Å². The Kier molecular flexibility index (Phi) is 22.0. The average Bonchev–Trinajstić information content (AvgIpc) is 2.60. The summed E-state index contributed by atoms with van der Waals surface area (Å²) >= 11 is 3.30. The zero-order valence-corrected chi connectivity index (χ0v) is 16.3. The number of hydrogen-bond acceptors (Lipinski definition) is 1. The van der Waals surface area contributed by atoms with E-state index in [1.807, 2.05) is 26.0 Å². The van der Waals surface area contributed by atoms with Crippen LogP contribution in [0.25, 0.3) is 0 Å². The molecule has 0 N–H and O–H groups in total. The molecule has 3 heteroatoms. The third kappa shape index (κ3) is 18.9. The summed E-state index contributed by atoms with van der Waals surface area (Å²) in [4.78, 5) is 0. The van der Waals surface area contributed by atoms with Gasteiger partial charge in [-0.15, -0.1) is 13.2 Å². The van der Waals surface area contributed by atoms with Crippen LogP contribution in [0, 0.1) is 5.82 Å². The lowest BCUT2D eigenvalue weighted by molar-refractivity contribution is 0.305. The Hall–Kier alpha value is -1.09. The monoisotopic (exact) mass is 386 g/mol. The van der Waals surface area contributed by atoms with Crippen molar-refractivity contribution in [2.45, 2.75) is 52.4 Å². The molecule has 0 aliphatic heterocycles. The lowest BCUT2D eigenvalue weighted by Gasteiger charge is -2.05. The molecule has 0 fully saturated rings. The van der Waals surface area contributed by atoms with Gasteiger partial charge in [0.2, 0.25) is 0 Å². The fourth-order valence-electron chi connectivity index (χ4n) is 1.51. The molecule has 1 nitrogen and oxygen atoms in total. The number of hydrogen-bond donors (Lipinski definition) is 0. The second-order valence-corrected chi connectivity index (χ2v) is 5.35. The van der Waals surface area contributed by atoms with Crippen LogP contribution in [0.1, 0.15) is 52.4 Å². The molecule has 0 atom stereocenters. The summed E-state index contributed by atoms with van der Waals surface area (Å²) < 4.78 is 18.0. The standard InChI is InChI=1S/C13H17FO.C5H9Br.C2H6/c1-2-3-4-5-6-11-15-13-9-7-12(14)8-10-13;1-2-3-4-5-6;1-2/h2,7-10H,1,3-6,11H2;2H,1,3-5H2;1-2H3. The highest BCUT2D eigenvalue weighted by atomic mass is 79.9. The molecule has 0 saturated carbocycles. The Morgan fingerprint density at radius 3 is 2.00 bits per heavy atom. The van der Waals surface area contributed by atoms with E-state index >= 15 is 0 Å². The number of benzene rings is 1. The molecule has 0 heterocycles. The third-order valence-corrected chi connectivity index (χ3v) is 3.24. The summed E-state index contributed by atoms with van der Waals surface area (Å²) in [7, 11) is 0. The molecule has 0 aromatic heterocycles. The van der Waals surface area contributed by atoms with Gasteiger partial charge < -0.3 is 4.74 Å². The number of alkyl halides is 1. The molecule has 0 spiro atoms. The fraction of sp³-hybridized carbons (Fsp3) is 0.500. The molecule has 1 aromatic rings. The van der Waals surface area contributed by atoms with Gasteiger partial charge in [0.05, 0.1) is 6.61 Å². The number of unbranched alkanes of at least 4 members (excludes halogenated alkanes) is 4. The van der Waals surface area contributed by atoms with E-state index in [1.165, 1.54) is 18.6 Å². The Balaban J connectivity index is 0. The van der Waals surface area contributed by atoms with E-state index in [-0.39, 0.29) is 5.82 Å². The van der Waals surface area contributed by atoms with Crippen LogP contribution >= 0.6 is 15.9 Å². The van der Waals surface area contributed by atoms with Crippen LogP contribution in [-0.4, -0.2) is 11.9 Å². The van der Waals surface area contributed by atoms with E-state index in [2.05, 4.69) is 29.1 Å². The van der Waals surface area contributed by atoms with Crippen LogP contribution < -0.4 is 4.74 Å². The van der Waals surface area contributed by atoms with Gasteiger partial charge in [-0.05, 0) is 62.8 Å². The Morgan fingerprint density at radius 2 is 1.52 bits per heavy atom. The fourth-order valence-corrected chi connectivity index (χ4v) is 1.83. The number of ether oxygens (including phenoxy) is 1. The zero-order valence-electron chi connectivity index (χ0n) is 14.7. The van der Waals surface area contributed by atoms with Gasteiger partial charge in [-0.1, -0.05) is 41.9 Å². The van der Waals surface area contributed by atoms with Gasteiger partial charge in [0.15, 0.2) is 0 Å². The summed E-state index contributed by atoms with van der Waals surface area (Å²) in [5, 5.41) is 1.10. The molecule has 0 unspecified atom stereocenters. The normalized spacial score (nSPS) is 8.87. The van der Waals surface area contributed by atoms with Crippen molar-refractivity contribution in [2.75, 3.05) is 11.9 Å². The third-order valence-electron chi connectivity index (χ3n) is 2.68. The molecule has 0 saturated heterocycles. The Morgan fingerprint density at radius 1 is 0.957 bits per heavy atom. The molecule has 0 amide bonds. The van der Waals surface area contributed by atoms with E-state index in [4.69, 9.17) is 4.74 Å². The van der Waals surface area contributed by atoms with Gasteiger partial charge in [-0.3, -0.25) is 0 Å². The van der Waals surface area contributed by atoms with Gasteiger partial charge in [-0.2, -0.15) is 0 Å². The number of halogens is 2. The van der Waals surface area contributed by atoms with Crippen molar-refractivity contribution >= 4 is 15.9 Å². The maximum atomic E-state index is 12.5. The molecule has 23 heavy (non-hydrogen) atoms. The number of allylic oxidation sites excluding steroid dienone is 2. The Labute approximate surface area is 150 Å². The highest BCUT2D eigenvalue weighted by Crippen LogP contribution is 2.11. The molecule has 1 aromatic carbocycles. The van der Waals surface area contributed by atoms with Crippen molar-refractivity contribution in [1.82, 2.24) is 0 Å². The predicted octanol–water partition coefficient (Wildman–Crippen LogP) is 7.32. The minimum atomic E-state index is -0.228. The largest absolute Gasteiger partial charge is 0.494 e.